The van der Waals surface area contributed by atoms with Gasteiger partial charge in [-0.3, -0.25) is 3.97 Å². The monoisotopic (exact) mass is 487 g/mol. The largest absolute Gasteiger partial charge is 0.478 e. The molecule has 1 aromatic carbocycles. The number of benzene rings is 1. The second-order valence-corrected chi connectivity index (χ2v) is 10.7. The van der Waals surface area contributed by atoms with Crippen molar-refractivity contribution < 1.29 is 19.5 Å². The molecule has 176 valence electrons. The van der Waals surface area contributed by atoms with Crippen molar-refractivity contribution in [3.05, 3.63) is 47.2 Å². The summed E-state index contributed by atoms with van der Waals surface area (Å²) >= 11 is 6.64. The van der Waals surface area contributed by atoms with E-state index in [1.807, 2.05) is 17.8 Å². The number of aliphatic carboxylic acids is 1. The SMILES string of the molecule is CC(C)C(C)/C(=C/C(=O)ONC(=S)Sn1cc2c3c(cccc31)[C@H]1CCCN[C@@H]1C2)C(=O)O. The van der Waals surface area contributed by atoms with Crippen LogP contribution in [-0.4, -0.2) is 37.9 Å². The summed E-state index contributed by atoms with van der Waals surface area (Å²) in [6.07, 6.45) is 6.49. The Balaban J connectivity index is 1.45. The number of carboxylic acids is 1. The molecule has 4 rings (SSSR count). The van der Waals surface area contributed by atoms with Crippen molar-refractivity contribution in [2.24, 2.45) is 11.8 Å². The van der Waals surface area contributed by atoms with E-state index < -0.39 is 11.9 Å². The van der Waals surface area contributed by atoms with E-state index in [2.05, 4.69) is 35.2 Å². The standard InChI is InChI=1S/C24H29N3O4S2/c1-13(2)14(3)18(23(29)30)11-21(28)31-26-24(32)33-27-12-15-10-19-16(7-5-9-25-19)17-6-4-8-20(27)22(15)17/h4,6,8,11-14,16,19,25H,5,7,9-10H2,1-3H3,(H,26,32)(H,29,30)/b18-11-/t14?,16-,19-/m1/s1. The van der Waals surface area contributed by atoms with Crippen molar-refractivity contribution in [2.75, 3.05) is 6.54 Å². The summed E-state index contributed by atoms with van der Waals surface area (Å²) in [6, 6.07) is 6.86. The Bertz CT molecular complexity index is 1120. The lowest BCUT2D eigenvalue weighted by molar-refractivity contribution is -0.142. The molecule has 1 saturated heterocycles. The van der Waals surface area contributed by atoms with Crippen LogP contribution in [0.5, 0.6) is 0 Å². The molecule has 1 fully saturated rings. The number of hydrogen-bond acceptors (Lipinski definition) is 6. The minimum Gasteiger partial charge on any atom is -0.478 e. The number of aromatic nitrogens is 1. The molecule has 3 atom stereocenters. The molecule has 1 aliphatic carbocycles. The van der Waals surface area contributed by atoms with E-state index in [4.69, 9.17) is 17.1 Å². The van der Waals surface area contributed by atoms with E-state index in [9.17, 15) is 14.7 Å². The number of fused-ring (bicyclic) bond motifs is 2. The average Bonchev–Trinajstić information content (AvgIpc) is 3.13. The normalized spacial score (nSPS) is 20.9. The maximum absolute atomic E-state index is 12.2. The van der Waals surface area contributed by atoms with Crippen LogP contribution in [0.2, 0.25) is 0 Å². The fourth-order valence-corrected chi connectivity index (χ4v) is 5.76. The third kappa shape index (κ3) is 4.95. The van der Waals surface area contributed by atoms with Gasteiger partial charge in [0.05, 0.1) is 5.52 Å². The van der Waals surface area contributed by atoms with Crippen LogP contribution >= 0.6 is 24.2 Å². The maximum atomic E-state index is 12.2. The number of hydroxylamine groups is 1. The van der Waals surface area contributed by atoms with Gasteiger partial charge in [0, 0.05) is 47.1 Å². The van der Waals surface area contributed by atoms with E-state index >= 15 is 0 Å². The van der Waals surface area contributed by atoms with Gasteiger partial charge in [-0.1, -0.05) is 32.9 Å². The fourth-order valence-electron chi connectivity index (χ4n) is 4.79. The first-order chi connectivity index (χ1) is 15.8. The summed E-state index contributed by atoms with van der Waals surface area (Å²) < 4.78 is 2.27. The van der Waals surface area contributed by atoms with Crippen LogP contribution in [0.15, 0.2) is 36.0 Å². The van der Waals surface area contributed by atoms with Gasteiger partial charge in [-0.25, -0.2) is 9.59 Å². The molecule has 0 saturated carbocycles. The summed E-state index contributed by atoms with van der Waals surface area (Å²) in [5.74, 6) is -1.61. The van der Waals surface area contributed by atoms with Gasteiger partial charge < -0.3 is 15.3 Å². The number of carbonyl (C=O) groups is 2. The van der Waals surface area contributed by atoms with Crippen LogP contribution in [0.25, 0.3) is 10.9 Å². The zero-order valence-corrected chi connectivity index (χ0v) is 20.6. The molecule has 1 aromatic heterocycles. The number of carbonyl (C=O) groups excluding carboxylic acids is 1. The Morgan fingerprint density at radius 2 is 2.15 bits per heavy atom. The Morgan fingerprint density at radius 1 is 1.36 bits per heavy atom. The summed E-state index contributed by atoms with van der Waals surface area (Å²) in [6.45, 7) is 6.64. The molecule has 0 bridgehead atoms. The molecule has 0 amide bonds. The Kier molecular flexibility index (Phi) is 7.11. The summed E-state index contributed by atoms with van der Waals surface area (Å²) in [5, 5.41) is 14.4. The second-order valence-electron chi connectivity index (χ2n) is 9.07. The van der Waals surface area contributed by atoms with Gasteiger partial charge >= 0.3 is 11.9 Å². The van der Waals surface area contributed by atoms with Gasteiger partial charge in [-0.2, -0.15) is 5.48 Å². The van der Waals surface area contributed by atoms with E-state index in [1.165, 1.54) is 41.3 Å². The number of thiocarbonyl (C=S) groups is 1. The molecule has 0 radical (unpaired) electrons. The number of nitrogens with zero attached hydrogens (tertiary/aromatic N) is 1. The highest BCUT2D eigenvalue weighted by atomic mass is 32.2. The molecule has 7 nitrogen and oxygen atoms in total. The third-order valence-electron chi connectivity index (χ3n) is 6.76. The van der Waals surface area contributed by atoms with Gasteiger partial charge in [0.2, 0.25) is 0 Å². The van der Waals surface area contributed by atoms with Crippen molar-refractivity contribution in [3.63, 3.8) is 0 Å². The second kappa shape index (κ2) is 9.87. The van der Waals surface area contributed by atoms with Crippen LogP contribution in [0.1, 0.15) is 50.7 Å². The number of nitrogens with one attached hydrogen (secondary N) is 2. The minimum absolute atomic E-state index is 0.0115. The van der Waals surface area contributed by atoms with Crippen LogP contribution < -0.4 is 10.8 Å². The molecule has 2 aromatic rings. The first-order valence-corrected chi connectivity index (χ1v) is 12.4. The van der Waals surface area contributed by atoms with Crippen molar-refractivity contribution in [3.8, 4) is 0 Å². The topological polar surface area (TPSA) is 92.6 Å². The van der Waals surface area contributed by atoms with Gasteiger partial charge in [-0.15, -0.1) is 0 Å². The Morgan fingerprint density at radius 3 is 2.88 bits per heavy atom. The molecule has 3 N–H and O–H groups in total. The lowest BCUT2D eigenvalue weighted by Gasteiger charge is -2.36. The highest BCUT2D eigenvalue weighted by molar-refractivity contribution is 8.22. The number of hydrogen-bond donors (Lipinski definition) is 3. The van der Waals surface area contributed by atoms with E-state index in [1.54, 1.807) is 6.92 Å². The maximum Gasteiger partial charge on any atom is 0.356 e. The molecule has 2 heterocycles. The van der Waals surface area contributed by atoms with E-state index in [0.29, 0.717) is 12.0 Å². The van der Waals surface area contributed by atoms with Crippen LogP contribution in [-0.2, 0) is 20.8 Å². The predicted octanol–water partition coefficient (Wildman–Crippen LogP) is 4.17. The van der Waals surface area contributed by atoms with E-state index in [-0.39, 0.29) is 21.7 Å². The Labute approximate surface area is 203 Å². The average molecular weight is 488 g/mol. The van der Waals surface area contributed by atoms with Crippen molar-refractivity contribution >= 4 is 51.3 Å². The van der Waals surface area contributed by atoms with Crippen LogP contribution in [0.3, 0.4) is 0 Å². The smallest absolute Gasteiger partial charge is 0.356 e. The number of carboxylic acid groups (broad SMARTS) is 1. The highest BCUT2D eigenvalue weighted by Crippen LogP contribution is 2.42. The quantitative estimate of drug-likeness (QED) is 0.329. The van der Waals surface area contributed by atoms with Crippen molar-refractivity contribution in [1.29, 1.82) is 0 Å². The molecule has 1 aliphatic heterocycles. The summed E-state index contributed by atoms with van der Waals surface area (Å²) in [5.41, 5.74) is 6.27. The van der Waals surface area contributed by atoms with Crippen LogP contribution in [0, 0.1) is 11.8 Å². The Hall–Kier alpha value is -2.36. The fraction of sp³-hybridized carbons (Fsp3) is 0.458. The van der Waals surface area contributed by atoms with E-state index in [0.717, 1.165) is 24.6 Å². The number of rotatable bonds is 5. The lowest BCUT2D eigenvalue weighted by atomic mass is 9.76. The zero-order valence-electron chi connectivity index (χ0n) is 19.0. The minimum atomic E-state index is -1.13. The van der Waals surface area contributed by atoms with Gasteiger partial charge in [0.15, 0.2) is 4.32 Å². The van der Waals surface area contributed by atoms with Crippen molar-refractivity contribution in [1.82, 2.24) is 14.8 Å². The van der Waals surface area contributed by atoms with Gasteiger partial charge in [0.1, 0.15) is 0 Å². The molecule has 0 spiro atoms. The predicted molar refractivity (Wildman–Crippen MR) is 134 cm³/mol. The third-order valence-corrected chi connectivity index (χ3v) is 7.81. The molecule has 2 aliphatic rings. The van der Waals surface area contributed by atoms with Crippen molar-refractivity contribution in [2.45, 2.75) is 52.0 Å². The van der Waals surface area contributed by atoms with Gasteiger partial charge in [0.25, 0.3) is 0 Å². The molecular formula is C24H29N3O4S2. The number of piperidine rings is 1. The molecule has 1 unspecified atom stereocenters. The summed E-state index contributed by atoms with van der Waals surface area (Å²) in [7, 11) is 0. The molecule has 9 heteroatoms. The molecule has 33 heavy (non-hydrogen) atoms. The summed E-state index contributed by atoms with van der Waals surface area (Å²) in [4.78, 5) is 28.7. The first kappa shape index (κ1) is 23.8. The highest BCUT2D eigenvalue weighted by Gasteiger charge is 2.33. The lowest BCUT2D eigenvalue weighted by Crippen LogP contribution is -2.43. The van der Waals surface area contributed by atoms with Crippen LogP contribution in [0.4, 0.5) is 0 Å². The first-order valence-electron chi connectivity index (χ1n) is 11.3. The molecular weight excluding hydrogens is 458 g/mol. The van der Waals surface area contributed by atoms with Gasteiger partial charge in [-0.05, 0) is 67.1 Å². The zero-order chi connectivity index (χ0) is 23.7.